The van der Waals surface area contributed by atoms with Crippen LogP contribution in [0.3, 0.4) is 0 Å². The number of amides is 1. The maximum absolute atomic E-state index is 14.5. The summed E-state index contributed by atoms with van der Waals surface area (Å²) >= 11 is 0.879. The summed E-state index contributed by atoms with van der Waals surface area (Å²) in [6.45, 7) is 0. The van der Waals surface area contributed by atoms with Crippen molar-refractivity contribution in [3.63, 3.8) is 0 Å². The topological polar surface area (TPSA) is 82.5 Å². The molecule has 3 heterocycles. The van der Waals surface area contributed by atoms with Gasteiger partial charge in [0.05, 0.1) is 11.8 Å². The zero-order valence-corrected chi connectivity index (χ0v) is 14.8. The molecule has 1 aromatic carbocycles. The number of carbonyl (C=O) groups excluding carboxylic acids is 1. The van der Waals surface area contributed by atoms with E-state index in [9.17, 15) is 18.0 Å². The monoisotopic (exact) mass is 404 g/mol. The lowest BCUT2D eigenvalue weighted by atomic mass is 10.2. The minimum Gasteiger partial charge on any atom is -0.437 e. The number of fused-ring (bicyclic) bond motifs is 1. The first-order valence-corrected chi connectivity index (χ1v) is 8.75. The third-order valence-electron chi connectivity index (χ3n) is 3.90. The van der Waals surface area contributed by atoms with Gasteiger partial charge in [-0.05, 0) is 24.3 Å². The van der Waals surface area contributed by atoms with Gasteiger partial charge in [0.2, 0.25) is 5.88 Å². The molecule has 0 fully saturated rings. The highest BCUT2D eigenvalue weighted by atomic mass is 32.1. The van der Waals surface area contributed by atoms with E-state index in [1.807, 2.05) is 0 Å². The number of hydrogen-bond donors (Lipinski definition) is 1. The molecule has 0 radical (unpaired) electrons. The number of carbonyl (C=O) groups is 1. The molecule has 142 valence electrons. The second kappa shape index (κ2) is 6.97. The van der Waals surface area contributed by atoms with Gasteiger partial charge < -0.3 is 10.5 Å². The summed E-state index contributed by atoms with van der Waals surface area (Å²) in [6.07, 6.45) is 0.886. The molecule has 28 heavy (non-hydrogen) atoms. The zero-order chi connectivity index (χ0) is 19.8. The van der Waals surface area contributed by atoms with Gasteiger partial charge in [-0.25, -0.2) is 13.8 Å². The van der Waals surface area contributed by atoms with Crippen LogP contribution in [0.15, 0.2) is 48.8 Å². The normalized spacial score (nSPS) is 12.2. The molecule has 4 rings (SSSR count). The Kier molecular flexibility index (Phi) is 4.47. The minimum absolute atomic E-state index is 0.152. The molecule has 1 unspecified atom stereocenters. The summed E-state index contributed by atoms with van der Waals surface area (Å²) < 4.78 is 48.3. The Balaban J connectivity index is 1.73. The molecule has 10 heteroatoms. The summed E-state index contributed by atoms with van der Waals surface area (Å²) in [5.74, 6) is -3.90. The van der Waals surface area contributed by atoms with Crippen molar-refractivity contribution in [1.29, 1.82) is 0 Å². The number of primary amides is 1. The van der Waals surface area contributed by atoms with Crippen LogP contribution in [0, 0.1) is 11.6 Å². The number of imidazole rings is 1. The molecule has 1 atom stereocenters. The van der Waals surface area contributed by atoms with Gasteiger partial charge in [-0.1, -0.05) is 12.1 Å². The van der Waals surface area contributed by atoms with E-state index in [1.54, 1.807) is 28.8 Å². The lowest BCUT2D eigenvalue weighted by Gasteiger charge is -2.11. The van der Waals surface area contributed by atoms with Crippen molar-refractivity contribution in [2.45, 2.75) is 6.36 Å². The molecule has 3 aromatic heterocycles. The third-order valence-corrected chi connectivity index (χ3v) is 4.97. The van der Waals surface area contributed by atoms with Gasteiger partial charge in [-0.3, -0.25) is 9.20 Å². The van der Waals surface area contributed by atoms with E-state index in [1.165, 1.54) is 6.20 Å². The standard InChI is InChI=1S/C18H11F3N4O2S/c19-10-5-3-4-9(13(10)20)15(21)27-17-14(16(22)26)28-18(24-17)11-8-23-12-6-1-2-7-25(11)12/h1-8,15H,(H2,22,26). The average molecular weight is 404 g/mol. The number of thiazole rings is 1. The van der Waals surface area contributed by atoms with E-state index in [4.69, 9.17) is 10.5 Å². The van der Waals surface area contributed by atoms with E-state index in [0.29, 0.717) is 16.3 Å². The van der Waals surface area contributed by atoms with Crippen LogP contribution in [0.5, 0.6) is 5.88 Å². The summed E-state index contributed by atoms with van der Waals surface area (Å²) in [4.78, 5) is 19.9. The quantitative estimate of drug-likeness (QED) is 0.547. The summed E-state index contributed by atoms with van der Waals surface area (Å²) in [7, 11) is 0. The smallest absolute Gasteiger partial charge is 0.269 e. The van der Waals surface area contributed by atoms with Gasteiger partial charge in [0, 0.05) is 6.20 Å². The maximum Gasteiger partial charge on any atom is 0.269 e. The number of nitrogens with two attached hydrogens (primary N) is 1. The van der Waals surface area contributed by atoms with Crippen LogP contribution in [0.25, 0.3) is 16.3 Å². The first-order chi connectivity index (χ1) is 13.5. The van der Waals surface area contributed by atoms with Crippen LogP contribution in [-0.2, 0) is 0 Å². The Labute approximate surface area is 160 Å². The van der Waals surface area contributed by atoms with Gasteiger partial charge in [0.25, 0.3) is 12.3 Å². The molecule has 0 aliphatic heterocycles. The Morgan fingerprint density at radius 3 is 2.82 bits per heavy atom. The predicted molar refractivity (Wildman–Crippen MR) is 95.7 cm³/mol. The first kappa shape index (κ1) is 18.0. The molecule has 0 aliphatic rings. The summed E-state index contributed by atoms with van der Waals surface area (Å²) in [5, 5.41) is 0.300. The molecular weight excluding hydrogens is 393 g/mol. The molecule has 0 spiro atoms. The van der Waals surface area contributed by atoms with Crippen molar-refractivity contribution in [2.75, 3.05) is 0 Å². The van der Waals surface area contributed by atoms with Crippen molar-refractivity contribution in [1.82, 2.24) is 14.4 Å². The van der Waals surface area contributed by atoms with Crippen molar-refractivity contribution in [3.05, 3.63) is 70.9 Å². The molecule has 0 aliphatic carbocycles. The highest BCUT2D eigenvalue weighted by Crippen LogP contribution is 2.35. The fraction of sp³-hybridized carbons (Fsp3) is 0.0556. The first-order valence-electron chi connectivity index (χ1n) is 7.93. The van der Waals surface area contributed by atoms with Crippen LogP contribution in [0.2, 0.25) is 0 Å². The molecule has 0 saturated carbocycles. The van der Waals surface area contributed by atoms with Crippen LogP contribution >= 0.6 is 11.3 Å². The van der Waals surface area contributed by atoms with Crippen molar-refractivity contribution < 1.29 is 22.7 Å². The second-order valence-corrected chi connectivity index (χ2v) is 6.67. The molecule has 4 aromatic rings. The van der Waals surface area contributed by atoms with Gasteiger partial charge in [-0.2, -0.15) is 9.37 Å². The fourth-order valence-electron chi connectivity index (χ4n) is 2.60. The highest BCUT2D eigenvalue weighted by Gasteiger charge is 2.25. The third kappa shape index (κ3) is 3.07. The average Bonchev–Trinajstić information content (AvgIpc) is 3.28. The van der Waals surface area contributed by atoms with Crippen LogP contribution in [0.4, 0.5) is 13.2 Å². The number of pyridine rings is 1. The largest absolute Gasteiger partial charge is 0.437 e. The predicted octanol–water partition coefficient (Wildman–Crippen LogP) is 3.88. The molecule has 2 N–H and O–H groups in total. The Morgan fingerprint density at radius 2 is 2.04 bits per heavy atom. The molecule has 0 bridgehead atoms. The number of halogens is 3. The number of nitrogens with zero attached hydrogens (tertiary/aromatic N) is 3. The van der Waals surface area contributed by atoms with Gasteiger partial charge >= 0.3 is 0 Å². The van der Waals surface area contributed by atoms with Crippen molar-refractivity contribution >= 4 is 22.9 Å². The molecule has 1 amide bonds. The highest BCUT2D eigenvalue weighted by molar-refractivity contribution is 7.17. The van der Waals surface area contributed by atoms with E-state index in [-0.39, 0.29) is 4.88 Å². The molecule has 0 saturated heterocycles. The number of ether oxygens (including phenoxy) is 1. The molecule has 6 nitrogen and oxygen atoms in total. The lowest BCUT2D eigenvalue weighted by molar-refractivity contribution is 0.0576. The Bertz CT molecular complexity index is 1190. The van der Waals surface area contributed by atoms with Gasteiger partial charge in [0.15, 0.2) is 16.5 Å². The minimum atomic E-state index is -2.38. The number of aromatic nitrogens is 3. The fourth-order valence-corrected chi connectivity index (χ4v) is 3.46. The van der Waals surface area contributed by atoms with E-state index in [0.717, 1.165) is 29.5 Å². The summed E-state index contributed by atoms with van der Waals surface area (Å²) in [6, 6.07) is 8.38. The van der Waals surface area contributed by atoms with Crippen LogP contribution in [0.1, 0.15) is 21.6 Å². The van der Waals surface area contributed by atoms with Crippen LogP contribution in [-0.4, -0.2) is 20.3 Å². The van der Waals surface area contributed by atoms with E-state index >= 15 is 0 Å². The number of rotatable bonds is 5. The Morgan fingerprint density at radius 1 is 1.21 bits per heavy atom. The van der Waals surface area contributed by atoms with Crippen molar-refractivity contribution in [3.8, 4) is 16.6 Å². The SMILES string of the molecule is NC(=O)c1sc(-c2cnc3ccccn23)nc1OC(F)c1cccc(F)c1F. The summed E-state index contributed by atoms with van der Waals surface area (Å²) in [5.41, 5.74) is 5.85. The van der Waals surface area contributed by atoms with Crippen LogP contribution < -0.4 is 10.5 Å². The van der Waals surface area contributed by atoms with Crippen molar-refractivity contribution in [2.24, 2.45) is 5.73 Å². The maximum atomic E-state index is 14.5. The lowest BCUT2D eigenvalue weighted by Crippen LogP contribution is -2.12. The number of hydrogen-bond acceptors (Lipinski definition) is 5. The van der Waals surface area contributed by atoms with E-state index < -0.39 is 35.3 Å². The van der Waals surface area contributed by atoms with Gasteiger partial charge in [-0.15, -0.1) is 11.3 Å². The Hall–Kier alpha value is -3.40. The van der Waals surface area contributed by atoms with Gasteiger partial charge in [0.1, 0.15) is 16.3 Å². The second-order valence-electron chi connectivity index (χ2n) is 5.67. The zero-order valence-electron chi connectivity index (χ0n) is 14.0. The molecular formula is C18H11F3N4O2S. The number of benzene rings is 1. The number of alkyl halides is 1. The van der Waals surface area contributed by atoms with E-state index in [2.05, 4.69) is 9.97 Å².